The summed E-state index contributed by atoms with van der Waals surface area (Å²) in [6.07, 6.45) is 2.24. The van der Waals surface area contributed by atoms with Crippen LogP contribution in [0.2, 0.25) is 0 Å². The quantitative estimate of drug-likeness (QED) is 0.673. The zero-order chi connectivity index (χ0) is 18.8. The highest BCUT2D eigenvalue weighted by atomic mass is 16.2. The number of aryl methyl sites for hydroxylation is 1. The van der Waals surface area contributed by atoms with Gasteiger partial charge in [-0.05, 0) is 44.0 Å². The summed E-state index contributed by atoms with van der Waals surface area (Å²) in [5.41, 5.74) is 1.72. The number of amides is 3. The van der Waals surface area contributed by atoms with Crippen LogP contribution < -0.4 is 10.6 Å². The molecule has 1 rings (SSSR count). The van der Waals surface area contributed by atoms with Crippen molar-refractivity contribution >= 4 is 23.4 Å². The SMILES string of the molecule is C=CC(=O)Nc1ccc(CCC(=O)N(CCNC(C)=O)C(C)C)cc1. The molecule has 0 heterocycles. The van der Waals surface area contributed by atoms with E-state index in [2.05, 4.69) is 17.2 Å². The van der Waals surface area contributed by atoms with Gasteiger partial charge >= 0.3 is 0 Å². The third-order valence-electron chi connectivity index (χ3n) is 3.70. The first kappa shape index (κ1) is 20.4. The molecule has 2 N–H and O–H groups in total. The number of hydrogen-bond acceptors (Lipinski definition) is 3. The third kappa shape index (κ3) is 7.65. The first-order valence-corrected chi connectivity index (χ1v) is 8.39. The van der Waals surface area contributed by atoms with E-state index in [0.29, 0.717) is 31.6 Å². The van der Waals surface area contributed by atoms with Crippen LogP contribution in [-0.2, 0) is 20.8 Å². The number of nitrogens with zero attached hydrogens (tertiary/aromatic N) is 1. The van der Waals surface area contributed by atoms with Crippen LogP contribution >= 0.6 is 0 Å². The standard InChI is InChI=1S/C19H27N3O3/c1-5-18(24)21-17-9-6-16(7-10-17)8-11-19(25)22(14(2)3)13-12-20-15(4)23/h5-7,9-10,14H,1,8,11-13H2,2-4H3,(H,20,23)(H,21,24). The molecule has 0 atom stereocenters. The number of carbonyl (C=O) groups excluding carboxylic acids is 3. The maximum absolute atomic E-state index is 12.4. The second-order valence-electron chi connectivity index (χ2n) is 6.05. The monoisotopic (exact) mass is 345 g/mol. The number of rotatable bonds is 9. The van der Waals surface area contributed by atoms with E-state index >= 15 is 0 Å². The molecule has 0 aliphatic carbocycles. The molecule has 0 aliphatic heterocycles. The van der Waals surface area contributed by atoms with Gasteiger partial charge in [0.05, 0.1) is 0 Å². The Morgan fingerprint density at radius 1 is 1.20 bits per heavy atom. The number of carbonyl (C=O) groups is 3. The number of benzene rings is 1. The summed E-state index contributed by atoms with van der Waals surface area (Å²) < 4.78 is 0. The summed E-state index contributed by atoms with van der Waals surface area (Å²) in [6, 6.07) is 7.47. The molecule has 0 saturated carbocycles. The lowest BCUT2D eigenvalue weighted by atomic mass is 10.1. The van der Waals surface area contributed by atoms with Crippen molar-refractivity contribution < 1.29 is 14.4 Å². The van der Waals surface area contributed by atoms with Gasteiger partial charge in [-0.25, -0.2) is 0 Å². The summed E-state index contributed by atoms with van der Waals surface area (Å²) in [5.74, 6) is -0.293. The van der Waals surface area contributed by atoms with Gasteiger partial charge in [-0.15, -0.1) is 0 Å². The molecule has 3 amide bonds. The lowest BCUT2D eigenvalue weighted by molar-refractivity contribution is -0.133. The van der Waals surface area contributed by atoms with E-state index in [-0.39, 0.29) is 23.8 Å². The van der Waals surface area contributed by atoms with E-state index < -0.39 is 0 Å². The predicted molar refractivity (Wildman–Crippen MR) is 99.1 cm³/mol. The lowest BCUT2D eigenvalue weighted by Crippen LogP contribution is -2.42. The molecular weight excluding hydrogens is 318 g/mol. The second kappa shape index (κ2) is 10.3. The van der Waals surface area contributed by atoms with Crippen LogP contribution in [0, 0.1) is 0 Å². The molecule has 25 heavy (non-hydrogen) atoms. The van der Waals surface area contributed by atoms with Crippen LogP contribution in [0.3, 0.4) is 0 Å². The van der Waals surface area contributed by atoms with Gasteiger partial charge in [-0.1, -0.05) is 18.7 Å². The van der Waals surface area contributed by atoms with Crippen LogP contribution in [0.5, 0.6) is 0 Å². The number of hydrogen-bond donors (Lipinski definition) is 2. The molecule has 0 unspecified atom stereocenters. The smallest absolute Gasteiger partial charge is 0.247 e. The zero-order valence-electron chi connectivity index (χ0n) is 15.2. The maximum atomic E-state index is 12.4. The molecule has 0 spiro atoms. The van der Waals surface area contributed by atoms with Crippen molar-refractivity contribution in [1.29, 1.82) is 0 Å². The molecule has 0 fully saturated rings. The number of anilines is 1. The lowest BCUT2D eigenvalue weighted by Gasteiger charge is -2.27. The highest BCUT2D eigenvalue weighted by Gasteiger charge is 2.16. The molecule has 1 aromatic rings. The Morgan fingerprint density at radius 3 is 2.36 bits per heavy atom. The fourth-order valence-electron chi connectivity index (χ4n) is 2.37. The van der Waals surface area contributed by atoms with Crippen LogP contribution in [0.15, 0.2) is 36.9 Å². The summed E-state index contributed by atoms with van der Waals surface area (Å²) >= 11 is 0. The summed E-state index contributed by atoms with van der Waals surface area (Å²) in [7, 11) is 0. The molecule has 0 saturated heterocycles. The fourth-order valence-corrected chi connectivity index (χ4v) is 2.37. The Morgan fingerprint density at radius 2 is 1.84 bits per heavy atom. The number of nitrogens with one attached hydrogen (secondary N) is 2. The molecule has 0 aliphatic rings. The molecule has 0 radical (unpaired) electrons. The summed E-state index contributed by atoms with van der Waals surface area (Å²) in [5, 5.41) is 5.39. The first-order valence-electron chi connectivity index (χ1n) is 8.39. The van der Waals surface area contributed by atoms with Crippen LogP contribution in [0.25, 0.3) is 0 Å². The molecule has 136 valence electrons. The molecule has 6 heteroatoms. The average Bonchev–Trinajstić information content (AvgIpc) is 2.57. The van der Waals surface area contributed by atoms with E-state index in [9.17, 15) is 14.4 Å². The van der Waals surface area contributed by atoms with E-state index in [4.69, 9.17) is 0 Å². The van der Waals surface area contributed by atoms with Gasteiger partial charge in [-0.3, -0.25) is 14.4 Å². The highest BCUT2D eigenvalue weighted by Crippen LogP contribution is 2.12. The van der Waals surface area contributed by atoms with Crippen molar-refractivity contribution in [3.05, 3.63) is 42.5 Å². The van der Waals surface area contributed by atoms with E-state index in [0.717, 1.165) is 5.56 Å². The Bertz CT molecular complexity index is 609. The normalized spacial score (nSPS) is 10.2. The average molecular weight is 345 g/mol. The minimum Gasteiger partial charge on any atom is -0.355 e. The van der Waals surface area contributed by atoms with Gasteiger partial charge in [0.25, 0.3) is 0 Å². The topological polar surface area (TPSA) is 78.5 Å². The predicted octanol–water partition coefficient (Wildman–Crippen LogP) is 2.12. The summed E-state index contributed by atoms with van der Waals surface area (Å²) in [4.78, 5) is 36.4. The van der Waals surface area contributed by atoms with Crippen LogP contribution in [0.1, 0.15) is 32.8 Å². The minimum absolute atomic E-state index is 0.0596. The van der Waals surface area contributed by atoms with Crippen LogP contribution in [-0.4, -0.2) is 41.8 Å². The molecular formula is C19H27N3O3. The van der Waals surface area contributed by atoms with Gasteiger partial charge in [0.15, 0.2) is 0 Å². The van der Waals surface area contributed by atoms with Crippen molar-refractivity contribution in [3.63, 3.8) is 0 Å². The molecule has 0 aromatic heterocycles. The van der Waals surface area contributed by atoms with E-state index in [1.165, 1.54) is 13.0 Å². The highest BCUT2D eigenvalue weighted by molar-refractivity contribution is 5.98. The molecule has 0 bridgehead atoms. The second-order valence-corrected chi connectivity index (χ2v) is 6.05. The van der Waals surface area contributed by atoms with E-state index in [1.54, 1.807) is 17.0 Å². The van der Waals surface area contributed by atoms with Crippen molar-refractivity contribution in [2.45, 2.75) is 39.7 Å². The van der Waals surface area contributed by atoms with Gasteiger partial charge in [0, 0.05) is 38.2 Å². The van der Waals surface area contributed by atoms with Gasteiger partial charge in [0.2, 0.25) is 17.7 Å². The van der Waals surface area contributed by atoms with Gasteiger partial charge < -0.3 is 15.5 Å². The maximum Gasteiger partial charge on any atom is 0.247 e. The molecule has 6 nitrogen and oxygen atoms in total. The minimum atomic E-state index is -0.255. The van der Waals surface area contributed by atoms with Crippen molar-refractivity contribution in [2.75, 3.05) is 18.4 Å². The molecule has 1 aromatic carbocycles. The largest absolute Gasteiger partial charge is 0.355 e. The van der Waals surface area contributed by atoms with Crippen molar-refractivity contribution in [1.82, 2.24) is 10.2 Å². The third-order valence-corrected chi connectivity index (χ3v) is 3.70. The zero-order valence-corrected chi connectivity index (χ0v) is 15.2. The van der Waals surface area contributed by atoms with Gasteiger partial charge in [-0.2, -0.15) is 0 Å². The van der Waals surface area contributed by atoms with Gasteiger partial charge in [0.1, 0.15) is 0 Å². The Kier molecular flexibility index (Phi) is 8.39. The fraction of sp³-hybridized carbons (Fsp3) is 0.421. The van der Waals surface area contributed by atoms with Crippen LogP contribution in [0.4, 0.5) is 5.69 Å². The van der Waals surface area contributed by atoms with E-state index in [1.807, 2.05) is 26.0 Å². The van der Waals surface area contributed by atoms with Crippen molar-refractivity contribution in [3.8, 4) is 0 Å². The van der Waals surface area contributed by atoms with Crippen molar-refractivity contribution in [2.24, 2.45) is 0 Å². The summed E-state index contributed by atoms with van der Waals surface area (Å²) in [6.45, 7) is 9.75. The Balaban J connectivity index is 2.53. The Hall–Kier alpha value is -2.63. The Labute approximate surface area is 149 Å². The first-order chi connectivity index (χ1) is 11.8.